The van der Waals surface area contributed by atoms with Crippen LogP contribution in [0.4, 0.5) is 0 Å². The van der Waals surface area contributed by atoms with E-state index in [1.807, 2.05) is 6.20 Å². The van der Waals surface area contributed by atoms with E-state index in [0.717, 1.165) is 17.0 Å². The molecule has 1 aromatic carbocycles. The lowest BCUT2D eigenvalue weighted by Gasteiger charge is -2.49. The first kappa shape index (κ1) is 14.7. The molecule has 2 unspecified atom stereocenters. The molecule has 0 spiro atoms. The Hall–Kier alpha value is -1.87. The largest absolute Gasteiger partial charge is 0.487 e. The van der Waals surface area contributed by atoms with Crippen LogP contribution in [0.15, 0.2) is 42.6 Å². The van der Waals surface area contributed by atoms with Gasteiger partial charge in [0, 0.05) is 11.6 Å². The van der Waals surface area contributed by atoms with Gasteiger partial charge in [0.05, 0.1) is 11.9 Å². The van der Waals surface area contributed by atoms with Gasteiger partial charge in [-0.05, 0) is 57.8 Å². The van der Waals surface area contributed by atoms with Gasteiger partial charge in [0.15, 0.2) is 0 Å². The van der Waals surface area contributed by atoms with Crippen LogP contribution in [0, 0.1) is 12.8 Å². The van der Waals surface area contributed by atoms with Crippen molar-refractivity contribution in [1.82, 2.24) is 9.88 Å². The van der Waals surface area contributed by atoms with Crippen LogP contribution in [0.5, 0.6) is 5.75 Å². The minimum atomic E-state index is 0.310. The van der Waals surface area contributed by atoms with Crippen LogP contribution >= 0.6 is 0 Å². The molecule has 2 atom stereocenters. The van der Waals surface area contributed by atoms with Crippen LogP contribution in [0.2, 0.25) is 0 Å². The number of ether oxygens (including phenoxy) is 1. The summed E-state index contributed by atoms with van der Waals surface area (Å²) < 4.78 is 6.31. The van der Waals surface area contributed by atoms with Crippen LogP contribution in [0.25, 0.3) is 11.3 Å². The standard InChI is InChI=1S/C20H24N2O/c1-14-3-5-16(6-4-14)19-8-7-18(13-21-19)23-20-15(2)22-11-9-17(20)10-12-22/h3-8,13,15,17,20H,9-12H2,1-2H3. The van der Waals surface area contributed by atoms with Gasteiger partial charge < -0.3 is 4.74 Å². The summed E-state index contributed by atoms with van der Waals surface area (Å²) in [7, 11) is 0. The maximum atomic E-state index is 6.31. The Labute approximate surface area is 138 Å². The van der Waals surface area contributed by atoms with E-state index in [1.54, 1.807) is 0 Å². The molecule has 2 bridgehead atoms. The molecular formula is C20H24N2O. The van der Waals surface area contributed by atoms with Crippen LogP contribution in [-0.2, 0) is 0 Å². The van der Waals surface area contributed by atoms with Crippen LogP contribution in [-0.4, -0.2) is 35.1 Å². The fraction of sp³-hybridized carbons (Fsp3) is 0.450. The molecule has 5 rings (SSSR count). The smallest absolute Gasteiger partial charge is 0.138 e. The monoisotopic (exact) mass is 308 g/mol. The lowest BCUT2D eigenvalue weighted by molar-refractivity contribution is -0.0508. The number of hydrogen-bond donors (Lipinski definition) is 0. The average Bonchev–Trinajstić information content (AvgIpc) is 2.60. The van der Waals surface area contributed by atoms with Crippen LogP contribution < -0.4 is 4.74 Å². The molecule has 0 amide bonds. The highest BCUT2D eigenvalue weighted by Crippen LogP contribution is 2.35. The van der Waals surface area contributed by atoms with Crippen molar-refractivity contribution in [2.24, 2.45) is 5.92 Å². The minimum Gasteiger partial charge on any atom is -0.487 e. The number of piperidine rings is 3. The summed E-state index contributed by atoms with van der Waals surface area (Å²) in [6, 6.07) is 13.1. The van der Waals surface area contributed by atoms with Gasteiger partial charge in [-0.2, -0.15) is 0 Å². The molecule has 0 radical (unpaired) electrons. The minimum absolute atomic E-state index is 0.310. The zero-order chi connectivity index (χ0) is 15.8. The molecule has 3 nitrogen and oxygen atoms in total. The molecule has 3 heteroatoms. The molecule has 120 valence electrons. The summed E-state index contributed by atoms with van der Waals surface area (Å²) in [6.45, 7) is 6.86. The summed E-state index contributed by atoms with van der Waals surface area (Å²) in [5.41, 5.74) is 3.42. The lowest BCUT2D eigenvalue weighted by Crippen LogP contribution is -2.58. The molecule has 23 heavy (non-hydrogen) atoms. The maximum Gasteiger partial charge on any atom is 0.138 e. The molecule has 3 aliphatic heterocycles. The third-order valence-electron chi connectivity index (χ3n) is 5.45. The molecule has 3 aliphatic rings. The van der Waals surface area contributed by atoms with E-state index in [-0.39, 0.29) is 0 Å². The molecule has 3 saturated heterocycles. The highest BCUT2D eigenvalue weighted by Gasteiger charge is 2.41. The van der Waals surface area contributed by atoms with Crippen molar-refractivity contribution in [2.45, 2.75) is 38.8 Å². The first-order valence-electron chi connectivity index (χ1n) is 8.64. The second-order valence-electron chi connectivity index (χ2n) is 6.94. The summed E-state index contributed by atoms with van der Waals surface area (Å²) in [5.74, 6) is 1.60. The lowest BCUT2D eigenvalue weighted by atomic mass is 9.81. The van der Waals surface area contributed by atoms with Crippen LogP contribution in [0.3, 0.4) is 0 Å². The Morgan fingerprint density at radius 2 is 1.78 bits per heavy atom. The van der Waals surface area contributed by atoms with Crippen LogP contribution in [0.1, 0.15) is 25.3 Å². The Balaban J connectivity index is 1.49. The third kappa shape index (κ3) is 2.86. The SMILES string of the molecule is Cc1ccc(-c2ccc(OC3C4CCN(CC4)C3C)cn2)cc1. The van der Waals surface area contributed by atoms with Gasteiger partial charge in [-0.3, -0.25) is 9.88 Å². The van der Waals surface area contributed by atoms with Gasteiger partial charge in [0.1, 0.15) is 11.9 Å². The van der Waals surface area contributed by atoms with Gasteiger partial charge in [-0.1, -0.05) is 29.8 Å². The van der Waals surface area contributed by atoms with Gasteiger partial charge in [-0.15, -0.1) is 0 Å². The topological polar surface area (TPSA) is 25.4 Å². The number of rotatable bonds is 3. The van der Waals surface area contributed by atoms with Crippen molar-refractivity contribution in [2.75, 3.05) is 13.1 Å². The van der Waals surface area contributed by atoms with Gasteiger partial charge in [0.25, 0.3) is 0 Å². The van der Waals surface area contributed by atoms with Gasteiger partial charge >= 0.3 is 0 Å². The van der Waals surface area contributed by atoms with E-state index in [4.69, 9.17) is 4.74 Å². The molecule has 0 saturated carbocycles. The van der Waals surface area contributed by atoms with Crippen molar-refractivity contribution in [3.63, 3.8) is 0 Å². The van der Waals surface area contributed by atoms with E-state index in [2.05, 4.69) is 60.1 Å². The van der Waals surface area contributed by atoms with E-state index in [0.29, 0.717) is 18.1 Å². The second-order valence-corrected chi connectivity index (χ2v) is 6.94. The predicted molar refractivity (Wildman–Crippen MR) is 92.6 cm³/mol. The van der Waals surface area contributed by atoms with Crippen molar-refractivity contribution in [3.05, 3.63) is 48.2 Å². The zero-order valence-electron chi connectivity index (χ0n) is 13.9. The Morgan fingerprint density at radius 1 is 1.04 bits per heavy atom. The number of pyridine rings is 1. The molecule has 0 N–H and O–H groups in total. The Kier molecular flexibility index (Phi) is 3.82. The second kappa shape index (κ2) is 5.97. The normalized spacial score (nSPS) is 29.5. The third-order valence-corrected chi connectivity index (χ3v) is 5.45. The molecule has 0 aliphatic carbocycles. The average molecular weight is 308 g/mol. The van der Waals surface area contributed by atoms with E-state index >= 15 is 0 Å². The number of hydrogen-bond acceptors (Lipinski definition) is 3. The number of aryl methyl sites for hydroxylation is 1. The number of fused-ring (bicyclic) bond motifs is 3. The fourth-order valence-corrected chi connectivity index (χ4v) is 3.95. The van der Waals surface area contributed by atoms with Crippen molar-refractivity contribution < 1.29 is 4.74 Å². The quantitative estimate of drug-likeness (QED) is 0.859. The molecule has 1 aromatic heterocycles. The van der Waals surface area contributed by atoms with E-state index < -0.39 is 0 Å². The Morgan fingerprint density at radius 3 is 2.39 bits per heavy atom. The van der Waals surface area contributed by atoms with E-state index in [9.17, 15) is 0 Å². The number of nitrogens with zero attached hydrogens (tertiary/aromatic N) is 2. The number of benzene rings is 1. The summed E-state index contributed by atoms with van der Waals surface area (Å²) in [4.78, 5) is 7.15. The molecule has 3 fully saturated rings. The fourth-order valence-electron chi connectivity index (χ4n) is 3.95. The van der Waals surface area contributed by atoms with E-state index in [1.165, 1.54) is 31.5 Å². The Bertz CT molecular complexity index is 655. The molecule has 4 heterocycles. The molecule has 2 aromatic rings. The summed E-state index contributed by atoms with van der Waals surface area (Å²) in [5, 5.41) is 0. The molecular weight excluding hydrogens is 284 g/mol. The number of aromatic nitrogens is 1. The highest BCUT2D eigenvalue weighted by atomic mass is 16.5. The zero-order valence-corrected chi connectivity index (χ0v) is 13.9. The highest BCUT2D eigenvalue weighted by molar-refractivity contribution is 5.59. The van der Waals surface area contributed by atoms with Gasteiger partial charge in [-0.25, -0.2) is 0 Å². The first-order chi connectivity index (χ1) is 11.2. The van der Waals surface area contributed by atoms with Gasteiger partial charge in [0.2, 0.25) is 0 Å². The summed E-state index contributed by atoms with van der Waals surface area (Å²) >= 11 is 0. The van der Waals surface area contributed by atoms with Crippen molar-refractivity contribution in [3.8, 4) is 17.0 Å². The van der Waals surface area contributed by atoms with Crippen molar-refractivity contribution >= 4 is 0 Å². The first-order valence-corrected chi connectivity index (χ1v) is 8.64. The van der Waals surface area contributed by atoms with Crippen molar-refractivity contribution in [1.29, 1.82) is 0 Å². The predicted octanol–water partition coefficient (Wildman–Crippen LogP) is 3.92. The summed E-state index contributed by atoms with van der Waals surface area (Å²) in [6.07, 6.45) is 4.72. The maximum absolute atomic E-state index is 6.31.